The molecule has 6 nitrogen and oxygen atoms in total. The maximum absolute atomic E-state index is 13.5. The first-order valence-corrected chi connectivity index (χ1v) is 10.1. The topological polar surface area (TPSA) is 68.0 Å². The number of H-pyrrole nitrogens is 1. The van der Waals surface area contributed by atoms with Gasteiger partial charge in [0.1, 0.15) is 11.6 Å². The molecule has 5 rings (SSSR count). The molecule has 0 unspecified atom stereocenters. The summed E-state index contributed by atoms with van der Waals surface area (Å²) in [6.07, 6.45) is 0. The van der Waals surface area contributed by atoms with Gasteiger partial charge in [-0.2, -0.15) is 0 Å². The highest BCUT2D eigenvalue weighted by molar-refractivity contribution is 5.87. The zero-order chi connectivity index (χ0) is 22.2. The van der Waals surface area contributed by atoms with Gasteiger partial charge in [-0.25, -0.2) is 14.2 Å². The fourth-order valence-corrected chi connectivity index (χ4v) is 3.95. The molecule has 0 bridgehead atoms. The number of nitrogens with zero attached hydrogens (tertiary/aromatic N) is 4. The second kappa shape index (κ2) is 7.77. The van der Waals surface area contributed by atoms with Gasteiger partial charge in [0.15, 0.2) is 0 Å². The number of benzene rings is 3. The molecule has 2 aromatic heterocycles. The molecule has 0 saturated heterocycles. The van der Waals surface area contributed by atoms with E-state index >= 15 is 0 Å². The van der Waals surface area contributed by atoms with Crippen molar-refractivity contribution >= 4 is 17.8 Å². The Morgan fingerprint density at radius 3 is 2.44 bits per heavy atom. The van der Waals surface area contributed by atoms with Crippen LogP contribution < -0.4 is 5.69 Å². The molecular formula is C25H20FN5O. The number of aryl methyl sites for hydroxylation is 1. The molecule has 0 spiro atoms. The molecule has 0 fully saturated rings. The molecule has 0 amide bonds. The molecule has 0 saturated carbocycles. The van der Waals surface area contributed by atoms with Gasteiger partial charge in [0.25, 0.3) is 0 Å². The smallest absolute Gasteiger partial charge is 0.333 e. The van der Waals surface area contributed by atoms with Crippen LogP contribution in [-0.2, 0) is 13.6 Å². The van der Waals surface area contributed by atoms with Crippen LogP contribution in [0.25, 0.3) is 39.2 Å². The van der Waals surface area contributed by atoms with Crippen LogP contribution in [0.1, 0.15) is 5.82 Å². The minimum Gasteiger partial charge on any atom is -0.340 e. The van der Waals surface area contributed by atoms with Crippen molar-refractivity contribution < 1.29 is 4.39 Å². The average Bonchev–Trinajstić information content (AvgIpc) is 3.34. The van der Waals surface area contributed by atoms with Crippen LogP contribution in [0.5, 0.6) is 0 Å². The summed E-state index contributed by atoms with van der Waals surface area (Å²) in [6, 6.07) is 21.6. The Balaban J connectivity index is 1.70. The molecule has 0 atom stereocenters. The minimum atomic E-state index is -0.304. The minimum absolute atomic E-state index is 0.124. The van der Waals surface area contributed by atoms with E-state index in [1.54, 1.807) is 28.3 Å². The third-order valence-electron chi connectivity index (χ3n) is 5.49. The van der Waals surface area contributed by atoms with Gasteiger partial charge in [-0.1, -0.05) is 24.3 Å². The Hall–Kier alpha value is -4.26. The molecular weight excluding hydrogens is 405 g/mol. The van der Waals surface area contributed by atoms with Gasteiger partial charge in [0.2, 0.25) is 0 Å². The van der Waals surface area contributed by atoms with Crippen LogP contribution in [-0.4, -0.2) is 25.8 Å². The van der Waals surface area contributed by atoms with Gasteiger partial charge < -0.3 is 4.98 Å². The van der Waals surface area contributed by atoms with Crippen molar-refractivity contribution in [3.05, 3.63) is 94.9 Å². The second-order valence-electron chi connectivity index (χ2n) is 7.51. The molecule has 32 heavy (non-hydrogen) atoms. The average molecular weight is 425 g/mol. The molecule has 0 aliphatic heterocycles. The highest BCUT2D eigenvalue weighted by Crippen LogP contribution is 2.32. The lowest BCUT2D eigenvalue weighted by atomic mass is 10.0. The SMILES string of the molecule is C=NCc1nc(-c2ccc3c(c2)n(C)c(=O)n3-c2ccccc2)c(-c2ccc(F)cc2)[nH]1. The summed E-state index contributed by atoms with van der Waals surface area (Å²) in [5, 5.41) is 0. The number of fused-ring (bicyclic) bond motifs is 1. The molecule has 2 heterocycles. The Labute approximate surface area is 183 Å². The van der Waals surface area contributed by atoms with Crippen LogP contribution in [0.15, 0.2) is 82.6 Å². The summed E-state index contributed by atoms with van der Waals surface area (Å²) >= 11 is 0. The fraction of sp³-hybridized carbons (Fsp3) is 0.0800. The highest BCUT2D eigenvalue weighted by Gasteiger charge is 2.18. The third kappa shape index (κ3) is 3.24. The molecule has 0 aliphatic rings. The van der Waals surface area contributed by atoms with Crippen molar-refractivity contribution in [1.82, 2.24) is 19.1 Å². The van der Waals surface area contributed by atoms with Gasteiger partial charge in [-0.15, -0.1) is 0 Å². The van der Waals surface area contributed by atoms with Crippen LogP contribution in [0, 0.1) is 5.82 Å². The lowest BCUT2D eigenvalue weighted by Crippen LogP contribution is -2.20. The predicted octanol–water partition coefficient (Wildman–Crippen LogP) is 4.73. The van der Waals surface area contributed by atoms with Crippen molar-refractivity contribution in [2.75, 3.05) is 0 Å². The number of para-hydroxylation sites is 1. The Bertz CT molecular complexity index is 1490. The zero-order valence-corrected chi connectivity index (χ0v) is 17.4. The van der Waals surface area contributed by atoms with Gasteiger partial charge in [-0.05, 0) is 55.2 Å². The molecule has 3 aromatic carbocycles. The van der Waals surface area contributed by atoms with Crippen LogP contribution in [0.3, 0.4) is 0 Å². The van der Waals surface area contributed by atoms with E-state index in [1.165, 1.54) is 12.1 Å². The maximum Gasteiger partial charge on any atom is 0.333 e. The number of nitrogens with one attached hydrogen (secondary N) is 1. The molecule has 0 radical (unpaired) electrons. The van der Waals surface area contributed by atoms with Gasteiger partial charge in [-0.3, -0.25) is 14.1 Å². The summed E-state index contributed by atoms with van der Waals surface area (Å²) in [7, 11) is 1.76. The molecule has 1 N–H and O–H groups in total. The Morgan fingerprint density at radius 2 is 1.72 bits per heavy atom. The predicted molar refractivity (Wildman–Crippen MR) is 125 cm³/mol. The molecule has 5 aromatic rings. The first-order valence-electron chi connectivity index (χ1n) is 10.1. The first kappa shape index (κ1) is 19.7. The standard InChI is InChI=1S/C25H20FN5O/c1-27-15-22-28-23(16-8-11-18(26)12-9-16)24(29-22)17-10-13-20-21(14-17)30(2)25(32)31(20)19-6-4-3-5-7-19/h3-14H,1,15H2,2H3,(H,28,29). The number of aromatic amines is 1. The summed E-state index contributed by atoms with van der Waals surface area (Å²) in [5.74, 6) is 0.353. The van der Waals surface area contributed by atoms with Crippen molar-refractivity contribution in [3.63, 3.8) is 0 Å². The van der Waals surface area contributed by atoms with Crippen LogP contribution in [0.4, 0.5) is 4.39 Å². The van der Waals surface area contributed by atoms with E-state index in [1.807, 2.05) is 48.5 Å². The van der Waals surface area contributed by atoms with E-state index in [0.29, 0.717) is 18.1 Å². The fourth-order valence-electron chi connectivity index (χ4n) is 3.95. The number of hydrogen-bond acceptors (Lipinski definition) is 3. The van der Waals surface area contributed by atoms with E-state index in [4.69, 9.17) is 4.98 Å². The Kier molecular flexibility index (Phi) is 4.78. The van der Waals surface area contributed by atoms with Gasteiger partial charge in [0, 0.05) is 18.2 Å². The van der Waals surface area contributed by atoms with Crippen molar-refractivity contribution in [3.8, 4) is 28.2 Å². The van der Waals surface area contributed by atoms with E-state index in [2.05, 4.69) is 16.7 Å². The van der Waals surface area contributed by atoms with Gasteiger partial charge in [0.05, 0.1) is 34.7 Å². The first-order chi connectivity index (χ1) is 15.6. The normalized spacial score (nSPS) is 11.2. The highest BCUT2D eigenvalue weighted by atomic mass is 19.1. The van der Waals surface area contributed by atoms with E-state index in [0.717, 1.165) is 33.5 Å². The third-order valence-corrected chi connectivity index (χ3v) is 5.49. The summed E-state index contributed by atoms with van der Waals surface area (Å²) in [4.78, 5) is 24.9. The number of aromatic nitrogens is 4. The lowest BCUT2D eigenvalue weighted by Gasteiger charge is -2.06. The van der Waals surface area contributed by atoms with E-state index < -0.39 is 0 Å². The molecule has 0 aliphatic carbocycles. The largest absolute Gasteiger partial charge is 0.340 e. The van der Waals surface area contributed by atoms with Crippen molar-refractivity contribution in [2.24, 2.45) is 12.0 Å². The number of imidazole rings is 2. The zero-order valence-electron chi connectivity index (χ0n) is 17.4. The Morgan fingerprint density at radius 1 is 1.00 bits per heavy atom. The second-order valence-corrected chi connectivity index (χ2v) is 7.51. The number of aliphatic imine (C=N–C) groups is 1. The summed E-state index contributed by atoms with van der Waals surface area (Å²) in [6.45, 7) is 3.88. The molecule has 7 heteroatoms. The quantitative estimate of drug-likeness (QED) is 0.414. The number of hydrogen-bond donors (Lipinski definition) is 1. The lowest BCUT2D eigenvalue weighted by molar-refractivity contribution is 0.628. The summed E-state index contributed by atoms with van der Waals surface area (Å²) < 4.78 is 16.8. The van der Waals surface area contributed by atoms with Crippen molar-refractivity contribution in [2.45, 2.75) is 6.54 Å². The maximum atomic E-state index is 13.5. The summed E-state index contributed by atoms with van der Waals surface area (Å²) in [5.41, 5.74) is 5.38. The van der Waals surface area contributed by atoms with Gasteiger partial charge >= 0.3 is 5.69 Å². The van der Waals surface area contributed by atoms with E-state index in [-0.39, 0.29) is 11.5 Å². The monoisotopic (exact) mass is 425 g/mol. The van der Waals surface area contributed by atoms with Crippen LogP contribution in [0.2, 0.25) is 0 Å². The van der Waals surface area contributed by atoms with Crippen LogP contribution >= 0.6 is 0 Å². The number of halogens is 1. The van der Waals surface area contributed by atoms with E-state index in [9.17, 15) is 9.18 Å². The van der Waals surface area contributed by atoms with Crippen molar-refractivity contribution in [1.29, 1.82) is 0 Å². The molecule has 158 valence electrons. The number of rotatable bonds is 5.